The van der Waals surface area contributed by atoms with Gasteiger partial charge in [-0.1, -0.05) is 18.2 Å². The number of hydrogen-bond donors (Lipinski definition) is 1. The zero-order valence-corrected chi connectivity index (χ0v) is 8.17. The molecule has 0 radical (unpaired) electrons. The fraction of sp³-hybridized carbons (Fsp3) is 0.100. The van der Waals surface area contributed by atoms with Crippen molar-refractivity contribution in [3.8, 4) is 0 Å². The van der Waals surface area contributed by atoms with Gasteiger partial charge >= 0.3 is 0 Å². The van der Waals surface area contributed by atoms with Crippen LogP contribution in [-0.4, -0.2) is 6.41 Å². The van der Waals surface area contributed by atoms with Crippen LogP contribution >= 0.6 is 11.3 Å². The molecule has 2 N–H and O–H groups in total. The summed E-state index contributed by atoms with van der Waals surface area (Å²) in [7, 11) is 0. The number of nitrogens with two attached hydrogens (primary N) is 1. The molecule has 0 fully saturated rings. The van der Waals surface area contributed by atoms with E-state index in [4.69, 9.17) is 4.79 Å². The number of aryl methyl sites for hydroxylation is 1. The van der Waals surface area contributed by atoms with Crippen molar-refractivity contribution in [1.29, 1.82) is 0 Å². The maximum absolute atomic E-state index is 8.58. The Labute approximate surface area is 81.0 Å². The van der Waals surface area contributed by atoms with Crippen molar-refractivity contribution in [3.05, 3.63) is 35.2 Å². The van der Waals surface area contributed by atoms with Crippen molar-refractivity contribution >= 4 is 27.8 Å². The number of thiophene rings is 1. The molecule has 1 heterocycles. The SMILES string of the molecule is Cc1cc2ccccc2s1.NC=O. The first-order chi connectivity index (χ1) is 6.27. The summed E-state index contributed by atoms with van der Waals surface area (Å²) in [6.45, 7) is 2.14. The van der Waals surface area contributed by atoms with E-state index in [1.165, 1.54) is 15.0 Å². The molecule has 1 aromatic heterocycles. The van der Waals surface area contributed by atoms with Crippen LogP contribution in [0.3, 0.4) is 0 Å². The molecule has 1 aromatic carbocycles. The van der Waals surface area contributed by atoms with Crippen LogP contribution in [0.25, 0.3) is 10.1 Å². The molecular weight excluding hydrogens is 182 g/mol. The third-order valence-corrected chi connectivity index (χ3v) is 2.58. The highest BCUT2D eigenvalue weighted by Crippen LogP contribution is 2.23. The minimum absolute atomic E-state index is 0.250. The first-order valence-electron chi connectivity index (χ1n) is 3.88. The van der Waals surface area contributed by atoms with E-state index >= 15 is 0 Å². The Hall–Kier alpha value is -1.35. The lowest BCUT2D eigenvalue weighted by Crippen LogP contribution is -1.82. The second kappa shape index (κ2) is 4.62. The zero-order valence-electron chi connectivity index (χ0n) is 7.36. The molecular formula is C10H11NOS. The summed E-state index contributed by atoms with van der Waals surface area (Å²) in [6, 6.07) is 10.7. The molecule has 0 aliphatic heterocycles. The first-order valence-corrected chi connectivity index (χ1v) is 4.70. The minimum Gasteiger partial charge on any atom is -0.372 e. The van der Waals surface area contributed by atoms with Crippen molar-refractivity contribution in [1.82, 2.24) is 0 Å². The summed E-state index contributed by atoms with van der Waals surface area (Å²) in [5, 5.41) is 1.37. The Balaban J connectivity index is 0.000000251. The summed E-state index contributed by atoms with van der Waals surface area (Å²) in [5.41, 5.74) is 4.17. The molecule has 0 aliphatic rings. The summed E-state index contributed by atoms with van der Waals surface area (Å²) < 4.78 is 1.39. The molecule has 0 aliphatic carbocycles. The summed E-state index contributed by atoms with van der Waals surface area (Å²) >= 11 is 1.85. The standard InChI is InChI=1S/C9H8S.CH3NO/c1-7-6-8-4-2-3-5-9(8)10-7;2-1-3/h2-6H,1H3;1H,(H2,2,3). The quantitative estimate of drug-likeness (QED) is 0.641. The molecule has 1 amide bonds. The maximum atomic E-state index is 8.58. The highest BCUT2D eigenvalue weighted by molar-refractivity contribution is 7.19. The van der Waals surface area contributed by atoms with Gasteiger partial charge in [0.25, 0.3) is 0 Å². The predicted molar refractivity (Wildman–Crippen MR) is 56.8 cm³/mol. The Morgan fingerprint density at radius 2 is 2.00 bits per heavy atom. The molecule has 68 valence electrons. The van der Waals surface area contributed by atoms with Gasteiger partial charge < -0.3 is 5.73 Å². The number of rotatable bonds is 0. The number of carbonyl (C=O) groups excluding carboxylic acids is 1. The fourth-order valence-electron chi connectivity index (χ4n) is 1.11. The monoisotopic (exact) mass is 193 g/mol. The highest BCUT2D eigenvalue weighted by atomic mass is 32.1. The summed E-state index contributed by atoms with van der Waals surface area (Å²) in [4.78, 5) is 9.97. The Bertz CT molecular complexity index is 361. The third kappa shape index (κ3) is 2.56. The Kier molecular flexibility index (Phi) is 3.46. The lowest BCUT2D eigenvalue weighted by Gasteiger charge is -1.82. The number of benzene rings is 1. The third-order valence-electron chi connectivity index (χ3n) is 1.55. The Morgan fingerprint density at radius 1 is 1.38 bits per heavy atom. The normalized spacial score (nSPS) is 9.00. The summed E-state index contributed by atoms with van der Waals surface area (Å²) in [5.74, 6) is 0. The van der Waals surface area contributed by atoms with Crippen LogP contribution in [0, 0.1) is 6.92 Å². The van der Waals surface area contributed by atoms with Crippen LogP contribution in [0.5, 0.6) is 0 Å². The van der Waals surface area contributed by atoms with Crippen LogP contribution in [0.1, 0.15) is 4.88 Å². The largest absolute Gasteiger partial charge is 0.372 e. The lowest BCUT2D eigenvalue weighted by molar-refractivity contribution is -0.106. The molecule has 0 saturated heterocycles. The van der Waals surface area contributed by atoms with Gasteiger partial charge in [-0.15, -0.1) is 11.3 Å². The zero-order chi connectivity index (χ0) is 9.68. The van der Waals surface area contributed by atoms with E-state index in [1.54, 1.807) is 0 Å². The molecule has 0 saturated carbocycles. The van der Waals surface area contributed by atoms with Crippen LogP contribution in [0.15, 0.2) is 30.3 Å². The van der Waals surface area contributed by atoms with Crippen molar-refractivity contribution in [2.45, 2.75) is 6.92 Å². The van der Waals surface area contributed by atoms with Crippen molar-refractivity contribution in [2.24, 2.45) is 5.73 Å². The van der Waals surface area contributed by atoms with E-state index in [0.29, 0.717) is 0 Å². The van der Waals surface area contributed by atoms with E-state index in [0.717, 1.165) is 0 Å². The number of hydrogen-bond acceptors (Lipinski definition) is 2. The molecule has 2 rings (SSSR count). The smallest absolute Gasteiger partial charge is 0.204 e. The van der Waals surface area contributed by atoms with E-state index in [1.807, 2.05) is 11.3 Å². The Morgan fingerprint density at radius 3 is 2.62 bits per heavy atom. The molecule has 2 aromatic rings. The average molecular weight is 193 g/mol. The van der Waals surface area contributed by atoms with Gasteiger partial charge in [-0.05, 0) is 24.4 Å². The van der Waals surface area contributed by atoms with Gasteiger partial charge in [0, 0.05) is 9.58 Å². The highest BCUT2D eigenvalue weighted by Gasteiger charge is 1.93. The van der Waals surface area contributed by atoms with Crippen molar-refractivity contribution in [2.75, 3.05) is 0 Å². The van der Waals surface area contributed by atoms with Crippen LogP contribution in [-0.2, 0) is 4.79 Å². The second-order valence-corrected chi connectivity index (χ2v) is 3.82. The minimum atomic E-state index is 0.250. The van der Waals surface area contributed by atoms with Crippen LogP contribution < -0.4 is 5.73 Å². The number of carbonyl (C=O) groups is 1. The van der Waals surface area contributed by atoms with E-state index in [-0.39, 0.29) is 6.41 Å². The first kappa shape index (κ1) is 9.74. The predicted octanol–water partition coefficient (Wildman–Crippen LogP) is 2.31. The molecule has 2 nitrogen and oxygen atoms in total. The number of primary amides is 1. The van der Waals surface area contributed by atoms with Gasteiger partial charge in [-0.2, -0.15) is 0 Å². The molecule has 0 spiro atoms. The summed E-state index contributed by atoms with van der Waals surface area (Å²) in [6.07, 6.45) is 0.250. The van der Waals surface area contributed by atoms with Crippen molar-refractivity contribution in [3.63, 3.8) is 0 Å². The topological polar surface area (TPSA) is 43.1 Å². The van der Waals surface area contributed by atoms with Gasteiger partial charge in [0.1, 0.15) is 0 Å². The van der Waals surface area contributed by atoms with Gasteiger partial charge in [-0.25, -0.2) is 0 Å². The average Bonchev–Trinajstić information content (AvgIpc) is 2.45. The van der Waals surface area contributed by atoms with Crippen LogP contribution in [0.4, 0.5) is 0 Å². The molecule has 3 heteroatoms. The molecule has 0 unspecified atom stereocenters. The van der Waals surface area contributed by atoms with Gasteiger partial charge in [0.2, 0.25) is 6.41 Å². The fourth-order valence-corrected chi connectivity index (χ4v) is 2.04. The van der Waals surface area contributed by atoms with Crippen molar-refractivity contribution < 1.29 is 4.79 Å². The van der Waals surface area contributed by atoms with Crippen LogP contribution in [0.2, 0.25) is 0 Å². The van der Waals surface area contributed by atoms with Gasteiger partial charge in [-0.3, -0.25) is 4.79 Å². The maximum Gasteiger partial charge on any atom is 0.204 e. The van der Waals surface area contributed by atoms with E-state index in [2.05, 4.69) is 43.0 Å². The number of amides is 1. The molecule has 0 atom stereocenters. The lowest BCUT2D eigenvalue weighted by atomic mass is 10.2. The van der Waals surface area contributed by atoms with Gasteiger partial charge in [0.15, 0.2) is 0 Å². The van der Waals surface area contributed by atoms with E-state index in [9.17, 15) is 0 Å². The molecule has 0 bridgehead atoms. The second-order valence-electron chi connectivity index (χ2n) is 2.53. The molecule has 13 heavy (non-hydrogen) atoms. The number of fused-ring (bicyclic) bond motifs is 1. The van der Waals surface area contributed by atoms with Gasteiger partial charge in [0.05, 0.1) is 0 Å². The van der Waals surface area contributed by atoms with E-state index < -0.39 is 0 Å².